The summed E-state index contributed by atoms with van der Waals surface area (Å²) in [6.45, 7) is 7.60. The molecule has 0 bridgehead atoms. The number of ether oxygens (including phenoxy) is 1. The van der Waals surface area contributed by atoms with E-state index in [-0.39, 0.29) is 5.60 Å². The SMILES string of the molecule is CCCCC1(CC)OCCc2c1[nH]c1c(CC)cccc21. The number of nitrogens with one attached hydrogen (secondary N) is 1. The maximum Gasteiger partial charge on any atom is 0.108 e. The smallest absolute Gasteiger partial charge is 0.108 e. The Morgan fingerprint density at radius 3 is 2.81 bits per heavy atom. The molecule has 2 heteroatoms. The normalized spacial score (nSPS) is 21.7. The van der Waals surface area contributed by atoms with Crippen molar-refractivity contribution in [2.45, 2.75) is 64.9 Å². The van der Waals surface area contributed by atoms with E-state index in [9.17, 15) is 0 Å². The average molecular weight is 285 g/mol. The van der Waals surface area contributed by atoms with E-state index in [4.69, 9.17) is 4.74 Å². The van der Waals surface area contributed by atoms with Gasteiger partial charge in [-0.3, -0.25) is 0 Å². The van der Waals surface area contributed by atoms with Crippen molar-refractivity contribution in [3.63, 3.8) is 0 Å². The summed E-state index contributed by atoms with van der Waals surface area (Å²) in [5.74, 6) is 0. The first kappa shape index (κ1) is 14.6. The van der Waals surface area contributed by atoms with Crippen LogP contribution in [-0.4, -0.2) is 11.6 Å². The van der Waals surface area contributed by atoms with Crippen LogP contribution in [0.15, 0.2) is 18.2 Å². The molecule has 1 aromatic carbocycles. The summed E-state index contributed by atoms with van der Waals surface area (Å²) in [5, 5.41) is 1.42. The Balaban J connectivity index is 2.17. The first-order chi connectivity index (χ1) is 10.3. The van der Waals surface area contributed by atoms with Crippen LogP contribution >= 0.6 is 0 Å². The first-order valence-corrected chi connectivity index (χ1v) is 8.52. The molecule has 2 nitrogen and oxygen atoms in total. The summed E-state index contributed by atoms with van der Waals surface area (Å²) >= 11 is 0. The van der Waals surface area contributed by atoms with Crippen LogP contribution in [0.3, 0.4) is 0 Å². The predicted octanol–water partition coefficient (Wildman–Crippen LogP) is 5.10. The number of para-hydroxylation sites is 1. The van der Waals surface area contributed by atoms with Crippen LogP contribution in [0.25, 0.3) is 10.9 Å². The number of aromatic amines is 1. The molecule has 1 aliphatic rings. The highest BCUT2D eigenvalue weighted by Gasteiger charge is 2.38. The molecule has 21 heavy (non-hydrogen) atoms. The maximum absolute atomic E-state index is 6.32. The number of hydrogen-bond donors (Lipinski definition) is 1. The minimum atomic E-state index is -0.0897. The van der Waals surface area contributed by atoms with E-state index in [0.29, 0.717) is 0 Å². The summed E-state index contributed by atoms with van der Waals surface area (Å²) in [5.41, 5.74) is 5.53. The molecule has 3 rings (SSSR count). The Morgan fingerprint density at radius 1 is 1.24 bits per heavy atom. The fraction of sp³-hybridized carbons (Fsp3) is 0.579. The topological polar surface area (TPSA) is 25.0 Å². The van der Waals surface area contributed by atoms with Crippen LogP contribution in [0, 0.1) is 0 Å². The van der Waals surface area contributed by atoms with Gasteiger partial charge in [-0.25, -0.2) is 0 Å². The lowest BCUT2D eigenvalue weighted by Gasteiger charge is -2.37. The zero-order valence-electron chi connectivity index (χ0n) is 13.6. The van der Waals surface area contributed by atoms with Crippen LogP contribution in [0.1, 0.15) is 63.3 Å². The van der Waals surface area contributed by atoms with Crippen molar-refractivity contribution in [2.75, 3.05) is 6.61 Å². The molecule has 1 atom stereocenters. The molecule has 1 aromatic heterocycles. The van der Waals surface area contributed by atoms with Gasteiger partial charge >= 0.3 is 0 Å². The van der Waals surface area contributed by atoms with Crippen molar-refractivity contribution >= 4 is 10.9 Å². The van der Waals surface area contributed by atoms with Gasteiger partial charge in [-0.2, -0.15) is 0 Å². The second-order valence-corrected chi connectivity index (χ2v) is 6.22. The predicted molar refractivity (Wildman–Crippen MR) is 88.8 cm³/mol. The highest BCUT2D eigenvalue weighted by atomic mass is 16.5. The van der Waals surface area contributed by atoms with Crippen molar-refractivity contribution in [1.82, 2.24) is 4.98 Å². The molecular weight excluding hydrogens is 258 g/mol. The Kier molecular flexibility index (Phi) is 4.08. The largest absolute Gasteiger partial charge is 0.368 e. The molecule has 0 saturated heterocycles. The van der Waals surface area contributed by atoms with E-state index in [1.54, 1.807) is 0 Å². The Labute approximate surface area is 127 Å². The third kappa shape index (κ3) is 2.30. The lowest BCUT2D eigenvalue weighted by Crippen LogP contribution is -2.35. The number of unbranched alkanes of at least 4 members (excludes halogenated alkanes) is 1. The number of aryl methyl sites for hydroxylation is 1. The molecular formula is C19H27NO. The fourth-order valence-corrected chi connectivity index (χ4v) is 3.81. The van der Waals surface area contributed by atoms with E-state index >= 15 is 0 Å². The second kappa shape index (κ2) is 5.84. The van der Waals surface area contributed by atoms with Crippen molar-refractivity contribution < 1.29 is 4.74 Å². The van der Waals surface area contributed by atoms with Gasteiger partial charge in [0.1, 0.15) is 5.60 Å². The van der Waals surface area contributed by atoms with Gasteiger partial charge in [-0.1, -0.05) is 51.8 Å². The summed E-state index contributed by atoms with van der Waals surface area (Å²) in [6, 6.07) is 6.71. The zero-order valence-corrected chi connectivity index (χ0v) is 13.6. The second-order valence-electron chi connectivity index (χ2n) is 6.22. The van der Waals surface area contributed by atoms with Crippen LogP contribution in [0.4, 0.5) is 0 Å². The van der Waals surface area contributed by atoms with E-state index in [2.05, 4.69) is 44.0 Å². The fourth-order valence-electron chi connectivity index (χ4n) is 3.81. The van der Waals surface area contributed by atoms with E-state index in [1.807, 2.05) is 0 Å². The van der Waals surface area contributed by atoms with E-state index in [0.717, 1.165) is 32.3 Å². The van der Waals surface area contributed by atoms with E-state index < -0.39 is 0 Å². The van der Waals surface area contributed by atoms with Crippen molar-refractivity contribution in [1.29, 1.82) is 0 Å². The van der Waals surface area contributed by atoms with Gasteiger partial charge in [0, 0.05) is 10.9 Å². The van der Waals surface area contributed by atoms with Crippen LogP contribution in [0.5, 0.6) is 0 Å². The molecule has 2 aromatic rings. The quantitative estimate of drug-likeness (QED) is 0.812. The molecule has 0 fully saturated rings. The Bertz CT molecular complexity index is 628. The number of aromatic nitrogens is 1. The third-order valence-corrected chi connectivity index (χ3v) is 5.10. The minimum absolute atomic E-state index is 0.0897. The Hall–Kier alpha value is -1.28. The molecule has 0 spiro atoms. The summed E-state index contributed by atoms with van der Waals surface area (Å²) < 4.78 is 6.32. The monoisotopic (exact) mass is 285 g/mol. The number of hydrogen-bond acceptors (Lipinski definition) is 1. The average Bonchev–Trinajstić information content (AvgIpc) is 2.92. The van der Waals surface area contributed by atoms with Crippen LogP contribution in [0.2, 0.25) is 0 Å². The summed E-state index contributed by atoms with van der Waals surface area (Å²) in [4.78, 5) is 3.76. The molecule has 1 aliphatic heterocycles. The number of fused-ring (bicyclic) bond motifs is 3. The summed E-state index contributed by atoms with van der Waals surface area (Å²) in [6.07, 6.45) is 6.74. The van der Waals surface area contributed by atoms with Gasteiger partial charge in [-0.05, 0) is 36.8 Å². The molecule has 0 saturated carbocycles. The molecule has 0 radical (unpaired) electrons. The highest BCUT2D eigenvalue weighted by molar-refractivity contribution is 5.88. The highest BCUT2D eigenvalue weighted by Crippen LogP contribution is 2.42. The molecule has 0 amide bonds. The Morgan fingerprint density at radius 2 is 2.10 bits per heavy atom. The number of rotatable bonds is 5. The van der Waals surface area contributed by atoms with E-state index in [1.165, 1.54) is 40.6 Å². The first-order valence-electron chi connectivity index (χ1n) is 8.52. The standard InChI is InChI=1S/C19H27NO/c1-4-7-12-19(6-3)18-16(11-13-21-19)15-10-8-9-14(5-2)17(15)20-18/h8-10,20H,4-7,11-13H2,1-3H3. The molecule has 1 unspecified atom stereocenters. The van der Waals surface area contributed by atoms with Crippen molar-refractivity contribution in [3.8, 4) is 0 Å². The zero-order chi connectivity index (χ0) is 14.9. The lowest BCUT2D eigenvalue weighted by molar-refractivity contribution is -0.0731. The van der Waals surface area contributed by atoms with Gasteiger partial charge in [0.05, 0.1) is 12.3 Å². The van der Waals surface area contributed by atoms with Gasteiger partial charge in [0.25, 0.3) is 0 Å². The molecule has 1 N–H and O–H groups in total. The van der Waals surface area contributed by atoms with Crippen LogP contribution < -0.4 is 0 Å². The lowest BCUT2D eigenvalue weighted by atomic mass is 9.85. The maximum atomic E-state index is 6.32. The molecule has 2 heterocycles. The number of benzene rings is 1. The van der Waals surface area contributed by atoms with Gasteiger partial charge in [0.15, 0.2) is 0 Å². The minimum Gasteiger partial charge on any atom is -0.368 e. The molecule has 0 aliphatic carbocycles. The third-order valence-electron chi connectivity index (χ3n) is 5.10. The van der Waals surface area contributed by atoms with Crippen molar-refractivity contribution in [2.24, 2.45) is 0 Å². The summed E-state index contributed by atoms with van der Waals surface area (Å²) in [7, 11) is 0. The van der Waals surface area contributed by atoms with Gasteiger partial charge in [0.2, 0.25) is 0 Å². The molecule has 114 valence electrons. The van der Waals surface area contributed by atoms with Crippen molar-refractivity contribution in [3.05, 3.63) is 35.0 Å². The van der Waals surface area contributed by atoms with Gasteiger partial charge < -0.3 is 9.72 Å². The number of H-pyrrole nitrogens is 1. The van der Waals surface area contributed by atoms with Crippen LogP contribution in [-0.2, 0) is 23.2 Å². The van der Waals surface area contributed by atoms with Gasteiger partial charge in [-0.15, -0.1) is 0 Å².